The molecule has 2 amide bonds. The molecule has 0 aliphatic carbocycles. The molecule has 0 aliphatic heterocycles. The quantitative estimate of drug-likeness (QED) is 0.754. The molecule has 0 saturated heterocycles. The van der Waals surface area contributed by atoms with E-state index in [9.17, 15) is 22.8 Å². The van der Waals surface area contributed by atoms with E-state index < -0.39 is 24.5 Å². The van der Waals surface area contributed by atoms with Crippen molar-refractivity contribution in [2.24, 2.45) is 0 Å². The molecule has 9 heteroatoms. The number of anilines is 1. The second kappa shape index (κ2) is 9.12. The maximum Gasteiger partial charge on any atom is 0.405 e. The van der Waals surface area contributed by atoms with E-state index in [0.29, 0.717) is 28.3 Å². The molecule has 0 bridgehead atoms. The van der Waals surface area contributed by atoms with Crippen molar-refractivity contribution in [1.82, 2.24) is 5.32 Å². The highest BCUT2D eigenvalue weighted by Crippen LogP contribution is 2.25. The van der Waals surface area contributed by atoms with Gasteiger partial charge in [-0.15, -0.1) is 0 Å². The lowest BCUT2D eigenvalue weighted by atomic mass is 10.1. The Morgan fingerprint density at radius 3 is 2.25 bits per heavy atom. The molecule has 2 rings (SSSR count). The molecule has 0 spiro atoms. The number of benzene rings is 2. The van der Waals surface area contributed by atoms with E-state index in [-0.39, 0.29) is 6.42 Å². The van der Waals surface area contributed by atoms with E-state index in [1.807, 2.05) is 0 Å². The third-order valence-corrected chi connectivity index (χ3v) is 3.72. The maximum absolute atomic E-state index is 12.4. The lowest BCUT2D eigenvalue weighted by Gasteiger charge is -2.11. The molecular formula is C19H19F3N2O4. The first kappa shape index (κ1) is 21.1. The van der Waals surface area contributed by atoms with Crippen LogP contribution in [-0.2, 0) is 11.2 Å². The number of hydrogen-bond acceptors (Lipinski definition) is 4. The fourth-order valence-electron chi connectivity index (χ4n) is 2.34. The Bertz CT molecular complexity index is 836. The normalized spacial score (nSPS) is 10.9. The number of alkyl halides is 3. The largest absolute Gasteiger partial charge is 0.497 e. The van der Waals surface area contributed by atoms with E-state index in [4.69, 9.17) is 9.47 Å². The van der Waals surface area contributed by atoms with Gasteiger partial charge in [0.05, 0.1) is 26.2 Å². The molecular weight excluding hydrogens is 377 g/mol. The summed E-state index contributed by atoms with van der Waals surface area (Å²) in [6, 6.07) is 11.0. The fourth-order valence-corrected chi connectivity index (χ4v) is 2.34. The molecule has 0 aromatic heterocycles. The molecule has 0 aliphatic rings. The molecule has 0 radical (unpaired) electrons. The van der Waals surface area contributed by atoms with Crippen LogP contribution in [0.3, 0.4) is 0 Å². The van der Waals surface area contributed by atoms with Crippen LogP contribution in [0.15, 0.2) is 42.5 Å². The topological polar surface area (TPSA) is 76.7 Å². The number of carbonyl (C=O) groups is 2. The van der Waals surface area contributed by atoms with Gasteiger partial charge in [-0.3, -0.25) is 9.59 Å². The average molecular weight is 396 g/mol. The van der Waals surface area contributed by atoms with Crippen molar-refractivity contribution in [2.45, 2.75) is 12.6 Å². The van der Waals surface area contributed by atoms with Crippen LogP contribution < -0.4 is 20.1 Å². The van der Waals surface area contributed by atoms with Crippen molar-refractivity contribution < 1.29 is 32.2 Å². The van der Waals surface area contributed by atoms with E-state index in [1.54, 1.807) is 47.8 Å². The van der Waals surface area contributed by atoms with Crippen LogP contribution in [-0.4, -0.2) is 38.8 Å². The van der Waals surface area contributed by atoms with Crippen LogP contribution in [0.5, 0.6) is 11.5 Å². The highest BCUT2D eigenvalue weighted by molar-refractivity contribution is 6.06. The number of carbonyl (C=O) groups excluding carboxylic acids is 2. The Balaban J connectivity index is 1.99. The summed E-state index contributed by atoms with van der Waals surface area (Å²) in [5.74, 6) is -0.261. The molecule has 6 nitrogen and oxygen atoms in total. The van der Waals surface area contributed by atoms with Crippen LogP contribution in [0.4, 0.5) is 18.9 Å². The average Bonchev–Trinajstić information content (AvgIpc) is 2.66. The summed E-state index contributed by atoms with van der Waals surface area (Å²) in [5.41, 5.74) is 1.28. The number of nitrogens with one attached hydrogen (secondary N) is 2. The number of halogens is 3. The van der Waals surface area contributed by atoms with Gasteiger partial charge < -0.3 is 20.1 Å². The standard InChI is InChI=1S/C19H19F3N2O4/c1-27-14-7-8-15(16(10-14)28-2)18(26)24-13-5-3-12(4-6-13)9-17(25)23-11-19(20,21)22/h3-8,10H,9,11H2,1-2H3,(H,23,25)(H,24,26). The van der Waals surface area contributed by atoms with Gasteiger partial charge in [0, 0.05) is 11.8 Å². The molecule has 28 heavy (non-hydrogen) atoms. The second-order valence-corrected chi connectivity index (χ2v) is 5.79. The van der Waals surface area contributed by atoms with Crippen LogP contribution in [0.1, 0.15) is 15.9 Å². The number of ether oxygens (including phenoxy) is 2. The van der Waals surface area contributed by atoms with Gasteiger partial charge in [0.1, 0.15) is 18.0 Å². The summed E-state index contributed by atoms with van der Waals surface area (Å²) in [4.78, 5) is 24.0. The fraction of sp³-hybridized carbons (Fsp3) is 0.263. The predicted octanol–water partition coefficient (Wildman–Crippen LogP) is 3.18. The van der Waals surface area contributed by atoms with Crippen LogP contribution in [0.25, 0.3) is 0 Å². The summed E-state index contributed by atoms with van der Waals surface area (Å²) in [6.07, 6.45) is -4.65. The molecule has 0 saturated carbocycles. The summed E-state index contributed by atoms with van der Waals surface area (Å²) in [6.45, 7) is -1.37. The molecule has 0 heterocycles. The summed E-state index contributed by atoms with van der Waals surface area (Å²) >= 11 is 0. The first-order valence-corrected chi connectivity index (χ1v) is 8.17. The zero-order chi connectivity index (χ0) is 20.7. The smallest absolute Gasteiger partial charge is 0.405 e. The molecule has 2 aromatic rings. The number of methoxy groups -OCH3 is 2. The summed E-state index contributed by atoms with van der Waals surface area (Å²) in [7, 11) is 2.93. The van der Waals surface area contributed by atoms with Gasteiger partial charge in [0.25, 0.3) is 5.91 Å². The minimum absolute atomic E-state index is 0.198. The van der Waals surface area contributed by atoms with E-state index in [1.165, 1.54) is 14.2 Å². The van der Waals surface area contributed by atoms with Crippen molar-refractivity contribution >= 4 is 17.5 Å². The Kier molecular flexibility index (Phi) is 6.86. The van der Waals surface area contributed by atoms with Crippen molar-refractivity contribution in [3.05, 3.63) is 53.6 Å². The third-order valence-electron chi connectivity index (χ3n) is 3.72. The lowest BCUT2D eigenvalue weighted by molar-refractivity contribution is -0.138. The van der Waals surface area contributed by atoms with Crippen molar-refractivity contribution in [3.63, 3.8) is 0 Å². The lowest BCUT2D eigenvalue weighted by Crippen LogP contribution is -2.34. The summed E-state index contributed by atoms with van der Waals surface area (Å²) < 4.78 is 46.6. The number of amides is 2. The van der Waals surface area contributed by atoms with Gasteiger partial charge in [-0.2, -0.15) is 13.2 Å². The van der Waals surface area contributed by atoms with E-state index >= 15 is 0 Å². The Labute approximate surface area is 159 Å². The minimum atomic E-state index is -4.45. The van der Waals surface area contributed by atoms with Gasteiger partial charge in [-0.05, 0) is 29.8 Å². The van der Waals surface area contributed by atoms with Gasteiger partial charge in [0.2, 0.25) is 5.91 Å². The zero-order valence-corrected chi connectivity index (χ0v) is 15.2. The molecule has 2 aromatic carbocycles. The predicted molar refractivity (Wildman–Crippen MR) is 96.7 cm³/mol. The minimum Gasteiger partial charge on any atom is -0.497 e. The molecule has 2 N–H and O–H groups in total. The number of hydrogen-bond donors (Lipinski definition) is 2. The first-order chi connectivity index (χ1) is 13.2. The van der Waals surface area contributed by atoms with Crippen LogP contribution in [0, 0.1) is 0 Å². The molecule has 0 unspecified atom stereocenters. The first-order valence-electron chi connectivity index (χ1n) is 8.17. The highest BCUT2D eigenvalue weighted by Gasteiger charge is 2.27. The Morgan fingerprint density at radius 2 is 1.68 bits per heavy atom. The van der Waals surface area contributed by atoms with Gasteiger partial charge in [0.15, 0.2) is 0 Å². The van der Waals surface area contributed by atoms with E-state index in [2.05, 4.69) is 5.32 Å². The third kappa shape index (κ3) is 6.19. The maximum atomic E-state index is 12.4. The molecule has 150 valence electrons. The SMILES string of the molecule is COc1ccc(C(=O)Nc2ccc(CC(=O)NCC(F)(F)F)cc2)c(OC)c1. The Morgan fingerprint density at radius 1 is 1.00 bits per heavy atom. The summed E-state index contributed by atoms with van der Waals surface area (Å²) in [5, 5.41) is 4.49. The van der Waals surface area contributed by atoms with Gasteiger partial charge in [-0.1, -0.05) is 12.1 Å². The highest BCUT2D eigenvalue weighted by atomic mass is 19.4. The molecule has 0 atom stereocenters. The Hall–Kier alpha value is -3.23. The van der Waals surface area contributed by atoms with Crippen molar-refractivity contribution in [2.75, 3.05) is 26.1 Å². The zero-order valence-electron chi connectivity index (χ0n) is 15.2. The van der Waals surface area contributed by atoms with Crippen molar-refractivity contribution in [3.8, 4) is 11.5 Å². The van der Waals surface area contributed by atoms with Crippen molar-refractivity contribution in [1.29, 1.82) is 0 Å². The van der Waals surface area contributed by atoms with Gasteiger partial charge >= 0.3 is 6.18 Å². The monoisotopic (exact) mass is 396 g/mol. The number of rotatable bonds is 7. The van der Waals surface area contributed by atoms with Gasteiger partial charge in [-0.25, -0.2) is 0 Å². The van der Waals surface area contributed by atoms with Crippen LogP contribution >= 0.6 is 0 Å². The van der Waals surface area contributed by atoms with Crippen LogP contribution in [0.2, 0.25) is 0 Å². The molecule has 0 fully saturated rings. The second-order valence-electron chi connectivity index (χ2n) is 5.79. The van der Waals surface area contributed by atoms with E-state index in [0.717, 1.165) is 0 Å².